The molecule has 1 aromatic heterocycles. The number of nitrogens with one attached hydrogen (secondary N) is 1. The Balaban J connectivity index is 1.28. The van der Waals surface area contributed by atoms with E-state index in [2.05, 4.69) is 10.5 Å². The molecule has 356 valence electrons. The van der Waals surface area contributed by atoms with Crippen LogP contribution >= 0.6 is 11.3 Å². The van der Waals surface area contributed by atoms with Crippen LogP contribution in [0.15, 0.2) is 174 Å². The molecule has 69 heavy (non-hydrogen) atoms. The highest BCUT2D eigenvalue weighted by molar-refractivity contribution is 7.14. The quantitative estimate of drug-likeness (QED) is 0.0132. The molecule has 7 aromatic rings. The van der Waals surface area contributed by atoms with E-state index in [-0.39, 0.29) is 62.8 Å². The van der Waals surface area contributed by atoms with Crippen LogP contribution in [0, 0.1) is 5.82 Å². The number of hydrogen-bond donors (Lipinski definition) is 2. The fourth-order valence-corrected chi connectivity index (χ4v) is 8.03. The molecule has 0 aliphatic carbocycles. The second-order valence-electron chi connectivity index (χ2n) is 15.0. The molecule has 0 saturated carbocycles. The van der Waals surface area contributed by atoms with Gasteiger partial charge in [-0.1, -0.05) is 157 Å². The number of aliphatic carboxylic acids is 1. The number of oxime groups is 1. The van der Waals surface area contributed by atoms with Gasteiger partial charge in [-0.2, -0.15) is 0 Å². The number of esters is 1. The van der Waals surface area contributed by atoms with Gasteiger partial charge in [0.15, 0.2) is 42.1 Å². The Bertz CT molecular complexity index is 2580. The van der Waals surface area contributed by atoms with Crippen molar-refractivity contribution in [3.05, 3.63) is 214 Å². The zero-order valence-corrected chi connectivity index (χ0v) is 38.6. The Morgan fingerprint density at radius 1 is 0.681 bits per heavy atom. The van der Waals surface area contributed by atoms with Gasteiger partial charge in [-0.3, -0.25) is 0 Å². The van der Waals surface area contributed by atoms with Crippen molar-refractivity contribution >= 4 is 34.1 Å². The molecule has 0 saturated heterocycles. The minimum absolute atomic E-state index is 0.0859. The summed E-state index contributed by atoms with van der Waals surface area (Å²) in [6.45, 7) is 0.0943. The van der Waals surface area contributed by atoms with E-state index >= 15 is 4.39 Å². The van der Waals surface area contributed by atoms with E-state index in [1.807, 2.05) is 103 Å². The lowest BCUT2D eigenvalue weighted by Crippen LogP contribution is -2.38. The van der Waals surface area contributed by atoms with E-state index in [9.17, 15) is 14.7 Å². The van der Waals surface area contributed by atoms with E-state index in [4.69, 9.17) is 43.0 Å². The van der Waals surface area contributed by atoms with Gasteiger partial charge in [-0.25, -0.2) is 19.0 Å². The number of halogens is 1. The first-order valence-electron chi connectivity index (χ1n) is 21.7. The maximum atomic E-state index is 16.3. The monoisotopic (exact) mass is 955 g/mol. The van der Waals surface area contributed by atoms with Crippen LogP contribution in [0.2, 0.25) is 0 Å². The molecule has 2 N–H and O–H groups in total. The summed E-state index contributed by atoms with van der Waals surface area (Å²) < 4.78 is 55.0. The van der Waals surface area contributed by atoms with Crippen LogP contribution in [-0.2, 0) is 43.6 Å². The molecule has 1 atom stereocenters. The Morgan fingerprint density at radius 2 is 1.17 bits per heavy atom. The van der Waals surface area contributed by atoms with Crippen molar-refractivity contribution in [3.8, 4) is 11.5 Å². The highest BCUT2D eigenvalue weighted by Crippen LogP contribution is 2.41. The normalized spacial score (nSPS) is 12.0. The maximum Gasteiger partial charge on any atom is 0.360 e. The molecule has 0 aliphatic rings. The number of carbonyl (C=O) groups excluding carboxylic acids is 1. The number of thiazole rings is 1. The van der Waals surface area contributed by atoms with E-state index in [0.717, 1.165) is 34.1 Å². The van der Waals surface area contributed by atoms with Crippen molar-refractivity contribution in [2.45, 2.75) is 17.7 Å². The van der Waals surface area contributed by atoms with E-state index in [1.54, 1.807) is 48.5 Å². The van der Waals surface area contributed by atoms with Crippen molar-refractivity contribution in [1.82, 2.24) is 4.98 Å². The average molecular weight is 956 g/mol. The van der Waals surface area contributed by atoms with Crippen molar-refractivity contribution in [2.75, 3.05) is 59.5 Å². The van der Waals surface area contributed by atoms with E-state index in [1.165, 1.54) is 25.7 Å². The fraction of sp³-hybridized carbons (Fsp3) is 0.208. The molecule has 6 aromatic carbocycles. The Hall–Kier alpha value is -7.47. The van der Waals surface area contributed by atoms with Gasteiger partial charge in [-0.05, 0) is 39.9 Å². The van der Waals surface area contributed by atoms with Crippen LogP contribution in [-0.4, -0.2) is 82.0 Å². The molecule has 1 unspecified atom stereocenters. The number of carboxylic acid groups (broad SMARTS) is 1. The lowest BCUT2D eigenvalue weighted by atomic mass is 9.77. The van der Waals surface area contributed by atoms with Gasteiger partial charge < -0.3 is 48.4 Å². The molecule has 14 nitrogen and oxygen atoms in total. The summed E-state index contributed by atoms with van der Waals surface area (Å²) >= 11 is 1.14. The Kier molecular flexibility index (Phi) is 17.9. The van der Waals surface area contributed by atoms with Crippen molar-refractivity contribution in [1.29, 1.82) is 0 Å². The van der Waals surface area contributed by atoms with Crippen LogP contribution in [0.3, 0.4) is 0 Å². The van der Waals surface area contributed by atoms with Gasteiger partial charge in [0.1, 0.15) is 11.2 Å². The number of ether oxygens (including phenoxy) is 7. The molecule has 0 spiro atoms. The second-order valence-corrected chi connectivity index (χ2v) is 15.9. The highest BCUT2D eigenvalue weighted by Gasteiger charge is 2.38. The van der Waals surface area contributed by atoms with Crippen LogP contribution in [0.1, 0.15) is 51.3 Å². The number of carbonyl (C=O) groups is 2. The van der Waals surface area contributed by atoms with Crippen molar-refractivity contribution in [3.63, 3.8) is 0 Å². The summed E-state index contributed by atoms with van der Waals surface area (Å²) in [6, 6.07) is 49.7. The third-order valence-corrected chi connectivity index (χ3v) is 11.3. The zero-order valence-electron chi connectivity index (χ0n) is 37.8. The van der Waals surface area contributed by atoms with E-state index in [0.29, 0.717) is 16.3 Å². The molecule has 0 aliphatic heterocycles. The summed E-state index contributed by atoms with van der Waals surface area (Å²) in [5, 5.41) is 20.2. The smallest absolute Gasteiger partial charge is 0.360 e. The predicted octanol–water partition coefficient (Wildman–Crippen LogP) is 9.56. The molecule has 7 rings (SSSR count). The summed E-state index contributed by atoms with van der Waals surface area (Å²) in [7, 11) is 3.02. The van der Waals surface area contributed by atoms with E-state index < -0.39 is 41.2 Å². The first-order chi connectivity index (χ1) is 33.8. The minimum Gasteiger partial charge on any atom is -0.476 e. The second kappa shape index (κ2) is 25.1. The average Bonchev–Trinajstić information content (AvgIpc) is 3.85. The van der Waals surface area contributed by atoms with Crippen LogP contribution in [0.25, 0.3) is 0 Å². The Labute approximate surface area is 402 Å². The first-order valence-corrected chi connectivity index (χ1v) is 22.6. The molecular weight excluding hydrogens is 906 g/mol. The van der Waals surface area contributed by atoms with Gasteiger partial charge in [0.05, 0.1) is 26.4 Å². The molecular formula is C53H50FN3O11S. The minimum atomic E-state index is -1.88. The number of hydrogen-bond acceptors (Lipinski definition) is 14. The van der Waals surface area contributed by atoms with Gasteiger partial charge in [0, 0.05) is 25.2 Å². The molecule has 16 heteroatoms. The number of carboxylic acids is 1. The molecule has 1 heterocycles. The highest BCUT2D eigenvalue weighted by atomic mass is 32.1. The number of aromatic nitrogens is 1. The number of anilines is 1. The van der Waals surface area contributed by atoms with Crippen molar-refractivity contribution in [2.24, 2.45) is 5.16 Å². The van der Waals surface area contributed by atoms with Gasteiger partial charge >= 0.3 is 11.9 Å². The zero-order chi connectivity index (χ0) is 48.3. The van der Waals surface area contributed by atoms with Crippen LogP contribution < -0.4 is 14.8 Å². The van der Waals surface area contributed by atoms with Crippen LogP contribution in [0.5, 0.6) is 11.5 Å². The molecule has 0 amide bonds. The van der Waals surface area contributed by atoms with Crippen LogP contribution in [0.4, 0.5) is 9.52 Å². The number of rotatable bonds is 26. The maximum absolute atomic E-state index is 16.3. The number of benzene rings is 6. The summed E-state index contributed by atoms with van der Waals surface area (Å²) in [4.78, 5) is 38.4. The third-order valence-electron chi connectivity index (χ3n) is 10.5. The standard InChI is InChI=1S/C53H50FN3O11S/c1-61-28-30-63-35-65-45-33-39(32-43(54)49(45)66-36-64-31-29-62-2)48(51(60)67-47(37-18-8-3-9-19-37)38-20-10-4-11-21-38)68-57-46(50(58)59)44-34-69-52(55-44)56-53(40-22-12-5-13-23-40,41-24-14-6-15-25-41)42-26-16-7-17-27-42/h3-27,32-34,47-48H,28-31,35-36H2,1-2H3,(H,55,56)(H,58,59)/b57-46-. The molecule has 0 fully saturated rings. The van der Waals surface area contributed by atoms with Gasteiger partial charge in [0.25, 0.3) is 0 Å². The van der Waals surface area contributed by atoms with Gasteiger partial charge in [-0.15, -0.1) is 11.3 Å². The lowest BCUT2D eigenvalue weighted by molar-refractivity contribution is -0.162. The number of methoxy groups -OCH3 is 2. The fourth-order valence-electron chi connectivity index (χ4n) is 7.28. The summed E-state index contributed by atoms with van der Waals surface area (Å²) in [5.74, 6) is -4.10. The summed E-state index contributed by atoms with van der Waals surface area (Å²) in [5.41, 5.74) is 2.04. The topological polar surface area (TPSA) is 165 Å². The summed E-state index contributed by atoms with van der Waals surface area (Å²) in [6.07, 6.45) is -2.85. The third kappa shape index (κ3) is 12.7. The molecule has 0 radical (unpaired) electrons. The SMILES string of the molecule is COCCOCOc1cc(C(O/N=C(\C(=O)O)c2csc(NC(c3ccccc3)(c3ccccc3)c3ccccc3)n2)C(=O)OC(c2ccccc2)c2ccccc2)cc(F)c1OCOCCOC. The largest absolute Gasteiger partial charge is 0.476 e. The predicted molar refractivity (Wildman–Crippen MR) is 257 cm³/mol. The molecule has 0 bridgehead atoms. The first kappa shape index (κ1) is 49.4. The van der Waals surface area contributed by atoms with Crippen molar-refractivity contribution < 1.29 is 57.1 Å². The lowest BCUT2D eigenvalue weighted by Gasteiger charge is -2.36. The van der Waals surface area contributed by atoms with Gasteiger partial charge in [0.2, 0.25) is 11.8 Å². The number of nitrogens with zero attached hydrogens (tertiary/aromatic N) is 2. The Morgan fingerprint density at radius 3 is 1.67 bits per heavy atom.